The molecule has 0 rings (SSSR count). The van der Waals surface area contributed by atoms with Crippen LogP contribution in [0.5, 0.6) is 0 Å². The van der Waals surface area contributed by atoms with Crippen LogP contribution in [-0.4, -0.2) is 29.3 Å². The number of carbonyl (C=O) groups is 1. The molecule has 0 saturated heterocycles. The average Bonchev–Trinajstić information content (AvgIpc) is 2.12. The summed E-state index contributed by atoms with van der Waals surface area (Å²) in [6.07, 6.45) is 0. The lowest BCUT2D eigenvalue weighted by atomic mass is 10.2. The summed E-state index contributed by atoms with van der Waals surface area (Å²) in [6.45, 7) is 6.37. The lowest BCUT2D eigenvalue weighted by molar-refractivity contribution is -0.130. The molecule has 0 saturated carbocycles. The first kappa shape index (κ1) is 12.2. The van der Waals surface area contributed by atoms with E-state index >= 15 is 0 Å². The number of hydrogen-bond donors (Lipinski definition) is 0. The normalized spacial score (nSPS) is 14.4. The molecule has 13 heavy (non-hydrogen) atoms. The molecule has 0 aromatic carbocycles. The van der Waals surface area contributed by atoms with E-state index in [1.165, 1.54) is 0 Å². The van der Waals surface area contributed by atoms with E-state index in [4.69, 9.17) is 16.9 Å². The average molecular weight is 203 g/mol. The van der Waals surface area contributed by atoms with Crippen LogP contribution in [0, 0.1) is 17.2 Å². The van der Waals surface area contributed by atoms with Crippen LogP contribution in [0.4, 0.5) is 0 Å². The lowest BCUT2D eigenvalue weighted by Crippen LogP contribution is -2.38. The molecule has 0 N–H and O–H groups in total. The third kappa shape index (κ3) is 4.14. The molecule has 0 aromatic rings. The van der Waals surface area contributed by atoms with Crippen molar-refractivity contribution in [2.45, 2.75) is 26.1 Å². The van der Waals surface area contributed by atoms with Crippen molar-refractivity contribution >= 4 is 17.5 Å². The van der Waals surface area contributed by atoms with Gasteiger partial charge >= 0.3 is 0 Å². The van der Waals surface area contributed by atoms with Gasteiger partial charge in [-0.1, -0.05) is 0 Å². The van der Waals surface area contributed by atoms with Gasteiger partial charge in [0.1, 0.15) is 5.38 Å². The number of nitrogens with zero attached hydrogens (tertiary/aromatic N) is 2. The molecule has 0 aliphatic carbocycles. The first-order valence-corrected chi connectivity index (χ1v) is 4.79. The highest BCUT2D eigenvalue weighted by molar-refractivity contribution is 6.30. The summed E-state index contributed by atoms with van der Waals surface area (Å²) in [5, 5.41) is 8.07. The highest BCUT2D eigenvalue weighted by Crippen LogP contribution is 2.04. The van der Waals surface area contributed by atoms with E-state index in [0.29, 0.717) is 13.1 Å². The SMILES string of the molecule is CCN(CC(C)C#N)C(=O)C(C)Cl. The van der Waals surface area contributed by atoms with E-state index < -0.39 is 5.38 Å². The molecule has 0 spiro atoms. The molecule has 2 atom stereocenters. The van der Waals surface area contributed by atoms with Crippen LogP contribution in [0.25, 0.3) is 0 Å². The first-order valence-electron chi connectivity index (χ1n) is 4.35. The third-order valence-electron chi connectivity index (χ3n) is 1.75. The van der Waals surface area contributed by atoms with Crippen molar-refractivity contribution in [3.8, 4) is 6.07 Å². The number of hydrogen-bond acceptors (Lipinski definition) is 2. The molecular formula is C9H15ClN2O. The second kappa shape index (κ2) is 5.82. The fourth-order valence-electron chi connectivity index (χ4n) is 0.998. The van der Waals surface area contributed by atoms with Gasteiger partial charge in [0.25, 0.3) is 0 Å². The lowest BCUT2D eigenvalue weighted by Gasteiger charge is -2.22. The summed E-state index contributed by atoms with van der Waals surface area (Å²) in [7, 11) is 0. The molecule has 0 bridgehead atoms. The molecule has 0 aliphatic rings. The Labute approximate surface area is 84.3 Å². The van der Waals surface area contributed by atoms with Crippen LogP contribution in [0.2, 0.25) is 0 Å². The fourth-order valence-corrected chi connectivity index (χ4v) is 1.14. The van der Waals surface area contributed by atoms with Crippen LogP contribution in [0.15, 0.2) is 0 Å². The monoisotopic (exact) mass is 202 g/mol. The number of halogens is 1. The van der Waals surface area contributed by atoms with E-state index in [1.54, 1.807) is 18.7 Å². The number of alkyl halides is 1. The molecule has 74 valence electrons. The topological polar surface area (TPSA) is 44.1 Å². The van der Waals surface area contributed by atoms with Crippen LogP contribution in [-0.2, 0) is 4.79 Å². The number of nitriles is 1. The second-order valence-corrected chi connectivity index (χ2v) is 3.68. The Bertz CT molecular complexity index is 210. The van der Waals surface area contributed by atoms with Crippen molar-refractivity contribution in [1.82, 2.24) is 4.90 Å². The maximum atomic E-state index is 11.4. The Kier molecular flexibility index (Phi) is 5.48. The predicted molar refractivity (Wildman–Crippen MR) is 52.3 cm³/mol. The first-order chi connectivity index (χ1) is 6.02. The molecule has 0 aliphatic heterocycles. The highest BCUT2D eigenvalue weighted by Gasteiger charge is 2.18. The van der Waals surface area contributed by atoms with Crippen LogP contribution in [0.3, 0.4) is 0 Å². The van der Waals surface area contributed by atoms with Gasteiger partial charge in [0.15, 0.2) is 0 Å². The highest BCUT2D eigenvalue weighted by atomic mass is 35.5. The standard InChI is InChI=1S/C9H15ClN2O/c1-4-12(6-7(2)5-11)9(13)8(3)10/h7-8H,4,6H2,1-3H3. The van der Waals surface area contributed by atoms with Crippen molar-refractivity contribution in [2.24, 2.45) is 5.92 Å². The minimum atomic E-state index is -0.508. The number of carbonyl (C=O) groups excluding carboxylic acids is 1. The number of rotatable bonds is 4. The van der Waals surface area contributed by atoms with Crippen molar-refractivity contribution < 1.29 is 4.79 Å². The Morgan fingerprint density at radius 1 is 1.62 bits per heavy atom. The van der Waals surface area contributed by atoms with Crippen molar-refractivity contribution in [1.29, 1.82) is 5.26 Å². The van der Waals surface area contributed by atoms with E-state index in [2.05, 4.69) is 6.07 Å². The molecule has 0 heterocycles. The van der Waals surface area contributed by atoms with Crippen LogP contribution in [0.1, 0.15) is 20.8 Å². The van der Waals surface area contributed by atoms with Crippen molar-refractivity contribution in [2.75, 3.05) is 13.1 Å². The van der Waals surface area contributed by atoms with E-state index in [0.717, 1.165) is 0 Å². The van der Waals surface area contributed by atoms with Crippen molar-refractivity contribution in [3.63, 3.8) is 0 Å². The Morgan fingerprint density at radius 2 is 2.15 bits per heavy atom. The van der Waals surface area contributed by atoms with E-state index in [-0.39, 0.29) is 11.8 Å². The smallest absolute Gasteiger partial charge is 0.240 e. The molecule has 4 heteroatoms. The summed E-state index contributed by atoms with van der Waals surface area (Å²) in [4.78, 5) is 13.0. The summed E-state index contributed by atoms with van der Waals surface area (Å²) in [5.41, 5.74) is 0. The molecular weight excluding hydrogens is 188 g/mol. The van der Waals surface area contributed by atoms with E-state index in [1.807, 2.05) is 6.92 Å². The zero-order valence-electron chi connectivity index (χ0n) is 8.25. The maximum Gasteiger partial charge on any atom is 0.240 e. The molecule has 0 aromatic heterocycles. The predicted octanol–water partition coefficient (Wildman–Crippen LogP) is 1.62. The zero-order chi connectivity index (χ0) is 10.4. The van der Waals surface area contributed by atoms with Gasteiger partial charge in [0.2, 0.25) is 5.91 Å². The van der Waals surface area contributed by atoms with Crippen LogP contribution >= 0.6 is 11.6 Å². The molecule has 3 nitrogen and oxygen atoms in total. The maximum absolute atomic E-state index is 11.4. The van der Waals surface area contributed by atoms with Gasteiger partial charge in [0.05, 0.1) is 12.0 Å². The second-order valence-electron chi connectivity index (χ2n) is 3.02. The van der Waals surface area contributed by atoms with Crippen LogP contribution < -0.4 is 0 Å². The largest absolute Gasteiger partial charge is 0.340 e. The van der Waals surface area contributed by atoms with Gasteiger partial charge in [-0.2, -0.15) is 5.26 Å². The number of amides is 1. The van der Waals surface area contributed by atoms with Crippen molar-refractivity contribution in [3.05, 3.63) is 0 Å². The minimum absolute atomic E-state index is 0.105. The Balaban J connectivity index is 4.20. The molecule has 0 fully saturated rings. The minimum Gasteiger partial charge on any atom is -0.340 e. The Hall–Kier alpha value is -0.750. The summed E-state index contributed by atoms with van der Waals surface area (Å²) in [6, 6.07) is 2.09. The van der Waals surface area contributed by atoms with Gasteiger partial charge in [-0.05, 0) is 20.8 Å². The van der Waals surface area contributed by atoms with Gasteiger partial charge in [-0.15, -0.1) is 11.6 Å². The van der Waals surface area contributed by atoms with Gasteiger partial charge < -0.3 is 4.90 Å². The van der Waals surface area contributed by atoms with Gasteiger partial charge in [-0.25, -0.2) is 0 Å². The van der Waals surface area contributed by atoms with Gasteiger partial charge in [-0.3, -0.25) is 4.79 Å². The molecule has 1 amide bonds. The fraction of sp³-hybridized carbons (Fsp3) is 0.778. The summed E-state index contributed by atoms with van der Waals surface area (Å²) in [5.74, 6) is -0.245. The summed E-state index contributed by atoms with van der Waals surface area (Å²) < 4.78 is 0. The van der Waals surface area contributed by atoms with E-state index in [9.17, 15) is 4.79 Å². The zero-order valence-corrected chi connectivity index (χ0v) is 9.01. The van der Waals surface area contributed by atoms with Gasteiger partial charge in [0, 0.05) is 13.1 Å². The molecule has 2 unspecified atom stereocenters. The molecule has 0 radical (unpaired) electrons. The quantitative estimate of drug-likeness (QED) is 0.651. The third-order valence-corrected chi connectivity index (χ3v) is 1.93. The summed E-state index contributed by atoms with van der Waals surface area (Å²) >= 11 is 5.65. The Morgan fingerprint density at radius 3 is 2.46 bits per heavy atom.